The van der Waals surface area contributed by atoms with E-state index < -0.39 is 10.0 Å². The molecular formula is C12H14N2O4S. The van der Waals surface area contributed by atoms with Crippen molar-refractivity contribution >= 4 is 10.0 Å². The first-order valence-corrected chi connectivity index (χ1v) is 6.92. The highest BCUT2D eigenvalue weighted by Gasteiger charge is 2.22. The van der Waals surface area contributed by atoms with Crippen molar-refractivity contribution in [3.8, 4) is 11.5 Å². The summed E-state index contributed by atoms with van der Waals surface area (Å²) in [6, 6.07) is 4.51. The summed E-state index contributed by atoms with van der Waals surface area (Å²) in [4.78, 5) is 0.0406. The van der Waals surface area contributed by atoms with E-state index in [-0.39, 0.29) is 10.6 Å². The molecule has 19 heavy (non-hydrogen) atoms. The van der Waals surface area contributed by atoms with Crippen LogP contribution in [0.1, 0.15) is 5.56 Å². The predicted molar refractivity (Wildman–Crippen MR) is 69.1 cm³/mol. The average molecular weight is 282 g/mol. The van der Waals surface area contributed by atoms with Crippen molar-refractivity contribution in [3.05, 3.63) is 36.2 Å². The van der Waals surface area contributed by atoms with E-state index in [4.69, 9.17) is 9.47 Å². The van der Waals surface area contributed by atoms with Crippen LogP contribution < -0.4 is 9.47 Å². The third kappa shape index (κ3) is 2.41. The molecule has 0 radical (unpaired) electrons. The van der Waals surface area contributed by atoms with Gasteiger partial charge in [-0.15, -0.1) is 0 Å². The summed E-state index contributed by atoms with van der Waals surface area (Å²) >= 11 is 0. The van der Waals surface area contributed by atoms with Crippen molar-refractivity contribution < 1.29 is 17.9 Å². The minimum absolute atomic E-state index is 0.0406. The maximum Gasteiger partial charge on any atom is 0.286 e. The molecule has 0 aliphatic rings. The molecule has 6 nitrogen and oxygen atoms in total. The number of nitrogens with zero attached hydrogens (tertiary/aromatic N) is 2. The lowest BCUT2D eigenvalue weighted by atomic mass is 10.3. The van der Waals surface area contributed by atoms with E-state index in [2.05, 4.69) is 5.10 Å². The van der Waals surface area contributed by atoms with E-state index >= 15 is 0 Å². The molecule has 0 N–H and O–H groups in total. The minimum Gasteiger partial charge on any atom is -0.497 e. The Hall–Kier alpha value is -2.02. The quantitative estimate of drug-likeness (QED) is 0.848. The van der Waals surface area contributed by atoms with E-state index in [1.54, 1.807) is 13.0 Å². The van der Waals surface area contributed by atoms with Crippen LogP contribution in [0.15, 0.2) is 35.5 Å². The third-order valence-corrected chi connectivity index (χ3v) is 4.17. The minimum atomic E-state index is -3.76. The summed E-state index contributed by atoms with van der Waals surface area (Å²) in [5.74, 6) is 0.736. The van der Waals surface area contributed by atoms with Crippen molar-refractivity contribution in [2.24, 2.45) is 0 Å². The van der Waals surface area contributed by atoms with E-state index in [1.807, 2.05) is 0 Å². The Morgan fingerprint density at radius 3 is 2.47 bits per heavy atom. The molecule has 0 fully saturated rings. The van der Waals surface area contributed by atoms with Gasteiger partial charge in [-0.25, -0.2) is 0 Å². The molecule has 2 aromatic rings. The molecule has 7 heteroatoms. The molecule has 1 aromatic heterocycles. The number of rotatable bonds is 4. The van der Waals surface area contributed by atoms with Crippen LogP contribution in [-0.2, 0) is 10.0 Å². The molecule has 0 amide bonds. The fourth-order valence-electron chi connectivity index (χ4n) is 1.61. The molecule has 0 unspecified atom stereocenters. The molecule has 0 saturated carbocycles. The molecule has 0 saturated heterocycles. The summed E-state index contributed by atoms with van der Waals surface area (Å²) in [7, 11) is -0.856. The number of benzene rings is 1. The fourth-order valence-corrected chi connectivity index (χ4v) is 2.92. The Labute approximate surface area is 111 Å². The van der Waals surface area contributed by atoms with Crippen LogP contribution in [-0.4, -0.2) is 31.8 Å². The predicted octanol–water partition coefficient (Wildman–Crippen LogP) is 1.45. The van der Waals surface area contributed by atoms with Crippen LogP contribution in [0.5, 0.6) is 11.5 Å². The van der Waals surface area contributed by atoms with E-state index in [9.17, 15) is 8.42 Å². The number of hydrogen-bond acceptors (Lipinski definition) is 5. The van der Waals surface area contributed by atoms with Crippen molar-refractivity contribution in [1.29, 1.82) is 0 Å². The van der Waals surface area contributed by atoms with Crippen molar-refractivity contribution in [2.45, 2.75) is 11.8 Å². The van der Waals surface area contributed by atoms with Gasteiger partial charge >= 0.3 is 0 Å². The second-order valence-corrected chi connectivity index (χ2v) is 5.68. The smallest absolute Gasteiger partial charge is 0.286 e. The molecule has 1 heterocycles. The summed E-state index contributed by atoms with van der Waals surface area (Å²) in [5.41, 5.74) is 0.760. The summed E-state index contributed by atoms with van der Waals surface area (Å²) in [5, 5.41) is 3.82. The van der Waals surface area contributed by atoms with Gasteiger partial charge in [0.25, 0.3) is 10.0 Å². The topological polar surface area (TPSA) is 70.4 Å². The molecule has 0 bridgehead atoms. The van der Waals surface area contributed by atoms with Crippen LogP contribution in [0, 0.1) is 6.92 Å². The summed E-state index contributed by atoms with van der Waals surface area (Å²) in [6.45, 7) is 1.77. The molecule has 2 rings (SSSR count). The Morgan fingerprint density at radius 2 is 1.95 bits per heavy atom. The van der Waals surface area contributed by atoms with Gasteiger partial charge in [-0.3, -0.25) is 0 Å². The first kappa shape index (κ1) is 13.4. The Kier molecular flexibility index (Phi) is 3.48. The molecular weight excluding hydrogens is 268 g/mol. The molecule has 0 aliphatic carbocycles. The van der Waals surface area contributed by atoms with Gasteiger partial charge in [-0.2, -0.15) is 17.6 Å². The van der Waals surface area contributed by atoms with E-state index in [0.29, 0.717) is 5.75 Å². The van der Waals surface area contributed by atoms with Crippen LogP contribution in [0.2, 0.25) is 0 Å². The average Bonchev–Trinajstić information content (AvgIpc) is 2.85. The monoisotopic (exact) mass is 282 g/mol. The van der Waals surface area contributed by atoms with Gasteiger partial charge < -0.3 is 9.47 Å². The van der Waals surface area contributed by atoms with Crippen LogP contribution in [0.4, 0.5) is 0 Å². The maximum absolute atomic E-state index is 12.4. The number of aromatic nitrogens is 2. The Balaban J connectivity index is 2.58. The largest absolute Gasteiger partial charge is 0.497 e. The summed E-state index contributed by atoms with van der Waals surface area (Å²) in [6.07, 6.45) is 2.92. The van der Waals surface area contributed by atoms with Gasteiger partial charge in [0, 0.05) is 12.3 Å². The maximum atomic E-state index is 12.4. The lowest BCUT2D eigenvalue weighted by Crippen LogP contribution is -2.14. The summed E-state index contributed by atoms with van der Waals surface area (Å²) < 4.78 is 35.9. The second-order valence-electron chi connectivity index (χ2n) is 3.91. The van der Waals surface area contributed by atoms with Crippen LogP contribution >= 0.6 is 0 Å². The van der Waals surface area contributed by atoms with E-state index in [0.717, 1.165) is 9.65 Å². The lowest BCUT2D eigenvalue weighted by molar-refractivity contribution is 0.386. The molecule has 0 atom stereocenters. The van der Waals surface area contributed by atoms with Crippen molar-refractivity contribution in [1.82, 2.24) is 9.19 Å². The van der Waals surface area contributed by atoms with Gasteiger partial charge in [0.1, 0.15) is 16.4 Å². The van der Waals surface area contributed by atoms with Gasteiger partial charge in [0.15, 0.2) is 0 Å². The van der Waals surface area contributed by atoms with Gasteiger partial charge in [-0.1, -0.05) is 0 Å². The van der Waals surface area contributed by atoms with Crippen molar-refractivity contribution in [3.63, 3.8) is 0 Å². The third-order valence-electron chi connectivity index (χ3n) is 2.58. The highest BCUT2D eigenvalue weighted by Crippen LogP contribution is 2.29. The SMILES string of the molecule is COc1ccc(S(=O)(=O)n2cc(C)cn2)c(OC)c1. The molecule has 1 aromatic carbocycles. The highest BCUT2D eigenvalue weighted by atomic mass is 32.2. The number of aryl methyl sites for hydroxylation is 1. The zero-order valence-electron chi connectivity index (χ0n) is 10.8. The first-order valence-electron chi connectivity index (χ1n) is 5.48. The zero-order valence-corrected chi connectivity index (χ0v) is 11.6. The number of hydrogen-bond donors (Lipinski definition) is 0. The van der Waals surface area contributed by atoms with Crippen molar-refractivity contribution in [2.75, 3.05) is 14.2 Å². The van der Waals surface area contributed by atoms with Gasteiger partial charge in [0.05, 0.1) is 20.4 Å². The van der Waals surface area contributed by atoms with Gasteiger partial charge in [0.2, 0.25) is 0 Å². The first-order chi connectivity index (χ1) is 8.98. The van der Waals surface area contributed by atoms with Gasteiger partial charge in [-0.05, 0) is 24.6 Å². The fraction of sp³-hybridized carbons (Fsp3) is 0.250. The Bertz CT molecular complexity index is 692. The molecule has 0 spiro atoms. The zero-order chi connectivity index (χ0) is 14.0. The highest BCUT2D eigenvalue weighted by molar-refractivity contribution is 7.90. The van der Waals surface area contributed by atoms with Crippen LogP contribution in [0.3, 0.4) is 0 Å². The normalized spacial score (nSPS) is 11.3. The van der Waals surface area contributed by atoms with Crippen LogP contribution in [0.25, 0.3) is 0 Å². The standard InChI is InChI=1S/C12H14N2O4S/c1-9-7-13-14(8-9)19(15,16)12-5-4-10(17-2)6-11(12)18-3/h4-8H,1-3H3. The number of methoxy groups -OCH3 is 2. The molecule has 0 aliphatic heterocycles. The lowest BCUT2D eigenvalue weighted by Gasteiger charge is -2.10. The van der Waals surface area contributed by atoms with E-state index in [1.165, 1.54) is 38.7 Å². The number of ether oxygens (including phenoxy) is 2. The second kappa shape index (κ2) is 4.93. The molecule has 102 valence electrons. The Morgan fingerprint density at radius 1 is 1.21 bits per heavy atom.